The van der Waals surface area contributed by atoms with Crippen molar-refractivity contribution in [1.29, 1.82) is 0 Å². The first-order chi connectivity index (χ1) is 12.9. The van der Waals surface area contributed by atoms with Gasteiger partial charge < -0.3 is 4.74 Å². The third-order valence-electron chi connectivity index (χ3n) is 4.51. The van der Waals surface area contributed by atoms with Gasteiger partial charge in [-0.15, -0.1) is 11.3 Å². The molecule has 0 aliphatic carbocycles. The number of rotatable bonds is 6. The van der Waals surface area contributed by atoms with Crippen LogP contribution in [0.1, 0.15) is 24.1 Å². The average Bonchev–Trinajstić information content (AvgIpc) is 3.23. The quantitative estimate of drug-likeness (QED) is 0.664. The van der Waals surface area contributed by atoms with Gasteiger partial charge >= 0.3 is 0 Å². The zero-order valence-corrected chi connectivity index (χ0v) is 15.4. The summed E-state index contributed by atoms with van der Waals surface area (Å²) in [5.41, 5.74) is 2.14. The van der Waals surface area contributed by atoms with Gasteiger partial charge in [0.2, 0.25) is 0 Å². The van der Waals surface area contributed by atoms with Gasteiger partial charge in [-0.2, -0.15) is 0 Å². The van der Waals surface area contributed by atoms with E-state index >= 15 is 0 Å². The molecule has 26 heavy (non-hydrogen) atoms. The van der Waals surface area contributed by atoms with Crippen LogP contribution in [-0.2, 0) is 17.9 Å². The van der Waals surface area contributed by atoms with E-state index in [2.05, 4.69) is 19.9 Å². The van der Waals surface area contributed by atoms with E-state index in [0.29, 0.717) is 6.61 Å². The number of aromatic nitrogens is 3. The number of thiophene rings is 1. The van der Waals surface area contributed by atoms with Crippen LogP contribution in [0.3, 0.4) is 0 Å². The number of piperidine rings is 1. The normalized spacial score (nSPS) is 18.1. The molecule has 0 saturated carbocycles. The standard InChI is InChI=1S/C20H22N4OS/c1-2-8-21-17(5-1)15-25-18-6-3-9-24(14-18)13-16-11-22-20(23-12-16)19-7-4-10-26-19/h1-2,4-5,7-8,10-12,18H,3,6,9,13-15H2/t18-/m0/s1. The van der Waals surface area contributed by atoms with E-state index in [1.54, 1.807) is 11.3 Å². The maximum absolute atomic E-state index is 6.07. The fraction of sp³-hybridized carbons (Fsp3) is 0.350. The molecule has 0 unspecified atom stereocenters. The molecule has 0 radical (unpaired) electrons. The van der Waals surface area contributed by atoms with Crippen LogP contribution in [-0.4, -0.2) is 39.0 Å². The molecule has 0 spiro atoms. The second-order valence-corrected chi connectivity index (χ2v) is 7.47. The lowest BCUT2D eigenvalue weighted by Crippen LogP contribution is -2.39. The lowest BCUT2D eigenvalue weighted by molar-refractivity contribution is -0.0133. The smallest absolute Gasteiger partial charge is 0.169 e. The molecule has 3 aromatic rings. The van der Waals surface area contributed by atoms with Gasteiger partial charge in [0.05, 0.1) is 23.3 Å². The van der Waals surface area contributed by atoms with Crippen molar-refractivity contribution in [3.8, 4) is 10.7 Å². The van der Waals surface area contributed by atoms with E-state index in [1.807, 2.05) is 54.3 Å². The maximum atomic E-state index is 6.07. The number of hydrogen-bond donors (Lipinski definition) is 0. The molecular formula is C20H22N4OS. The Hall–Kier alpha value is -2.15. The van der Waals surface area contributed by atoms with Crippen molar-refractivity contribution in [3.63, 3.8) is 0 Å². The summed E-state index contributed by atoms with van der Waals surface area (Å²) in [5, 5.41) is 2.05. The summed E-state index contributed by atoms with van der Waals surface area (Å²) in [4.78, 5) is 16.9. The molecule has 4 rings (SSSR count). The molecule has 0 N–H and O–H groups in total. The van der Waals surface area contributed by atoms with Gasteiger partial charge in [-0.05, 0) is 43.0 Å². The first kappa shape index (κ1) is 17.3. The van der Waals surface area contributed by atoms with Gasteiger partial charge in [0.15, 0.2) is 5.82 Å². The van der Waals surface area contributed by atoms with Crippen LogP contribution < -0.4 is 0 Å². The van der Waals surface area contributed by atoms with Crippen LogP contribution in [0.2, 0.25) is 0 Å². The van der Waals surface area contributed by atoms with E-state index in [4.69, 9.17) is 4.74 Å². The first-order valence-electron chi connectivity index (χ1n) is 8.95. The summed E-state index contributed by atoms with van der Waals surface area (Å²) in [5.74, 6) is 0.805. The largest absolute Gasteiger partial charge is 0.371 e. The number of pyridine rings is 1. The highest BCUT2D eigenvalue weighted by Crippen LogP contribution is 2.21. The van der Waals surface area contributed by atoms with Crippen LogP contribution in [0.15, 0.2) is 54.3 Å². The fourth-order valence-electron chi connectivity index (χ4n) is 3.21. The molecule has 6 heteroatoms. The summed E-state index contributed by atoms with van der Waals surface area (Å²) in [7, 11) is 0. The summed E-state index contributed by atoms with van der Waals surface area (Å²) in [6.07, 6.45) is 8.22. The van der Waals surface area contributed by atoms with Gasteiger partial charge in [0.25, 0.3) is 0 Å². The Labute approximate surface area is 157 Å². The van der Waals surface area contributed by atoms with Crippen molar-refractivity contribution in [3.05, 3.63) is 65.6 Å². The molecule has 0 aromatic carbocycles. The minimum atomic E-state index is 0.261. The average molecular weight is 366 g/mol. The lowest BCUT2D eigenvalue weighted by Gasteiger charge is -2.32. The molecule has 1 aliphatic heterocycles. The van der Waals surface area contributed by atoms with E-state index < -0.39 is 0 Å². The van der Waals surface area contributed by atoms with Gasteiger partial charge in [-0.25, -0.2) is 9.97 Å². The second kappa shape index (κ2) is 8.49. The summed E-state index contributed by atoms with van der Waals surface area (Å²) < 4.78 is 6.07. The van der Waals surface area contributed by atoms with Crippen LogP contribution in [0.4, 0.5) is 0 Å². The van der Waals surface area contributed by atoms with Crippen molar-refractivity contribution in [1.82, 2.24) is 19.9 Å². The topological polar surface area (TPSA) is 51.1 Å². The van der Waals surface area contributed by atoms with Crippen LogP contribution >= 0.6 is 11.3 Å². The van der Waals surface area contributed by atoms with E-state index in [9.17, 15) is 0 Å². The highest BCUT2D eigenvalue weighted by molar-refractivity contribution is 7.13. The molecule has 5 nitrogen and oxygen atoms in total. The predicted molar refractivity (Wildman–Crippen MR) is 103 cm³/mol. The van der Waals surface area contributed by atoms with Crippen molar-refractivity contribution < 1.29 is 4.74 Å². The fourth-order valence-corrected chi connectivity index (χ4v) is 3.88. The third-order valence-corrected chi connectivity index (χ3v) is 5.37. The van der Waals surface area contributed by atoms with Gasteiger partial charge in [-0.3, -0.25) is 9.88 Å². The number of nitrogens with zero attached hydrogens (tertiary/aromatic N) is 4. The van der Waals surface area contributed by atoms with Crippen LogP contribution in [0, 0.1) is 0 Å². The first-order valence-corrected chi connectivity index (χ1v) is 9.83. The van der Waals surface area contributed by atoms with E-state index in [0.717, 1.165) is 54.4 Å². The molecule has 134 valence electrons. The van der Waals surface area contributed by atoms with Gasteiger partial charge in [-0.1, -0.05) is 12.1 Å². The highest BCUT2D eigenvalue weighted by Gasteiger charge is 2.21. The van der Waals surface area contributed by atoms with Crippen LogP contribution in [0.25, 0.3) is 10.7 Å². The predicted octanol–water partition coefficient (Wildman–Crippen LogP) is 3.78. The number of hydrogen-bond acceptors (Lipinski definition) is 6. The SMILES string of the molecule is c1ccc(CO[C@H]2CCCN(Cc3cnc(-c4cccs4)nc3)C2)nc1. The van der Waals surface area contributed by atoms with Gasteiger partial charge in [0, 0.05) is 37.2 Å². The molecule has 3 aromatic heterocycles. The Balaban J connectivity index is 1.30. The third kappa shape index (κ3) is 4.52. The Bertz CT molecular complexity index is 792. The van der Waals surface area contributed by atoms with Crippen molar-refractivity contribution in [2.75, 3.05) is 13.1 Å². The minimum absolute atomic E-state index is 0.261. The van der Waals surface area contributed by atoms with E-state index in [-0.39, 0.29) is 6.10 Å². The highest BCUT2D eigenvalue weighted by atomic mass is 32.1. The van der Waals surface area contributed by atoms with E-state index in [1.165, 1.54) is 0 Å². The summed E-state index contributed by atoms with van der Waals surface area (Å²) in [6.45, 7) is 3.49. The molecule has 0 amide bonds. The Morgan fingerprint density at radius 1 is 1.12 bits per heavy atom. The van der Waals surface area contributed by atoms with Crippen molar-refractivity contribution >= 4 is 11.3 Å². The molecule has 1 aliphatic rings. The second-order valence-electron chi connectivity index (χ2n) is 6.52. The lowest BCUT2D eigenvalue weighted by atomic mass is 10.1. The zero-order valence-electron chi connectivity index (χ0n) is 14.6. The Morgan fingerprint density at radius 2 is 2.04 bits per heavy atom. The number of ether oxygens (including phenoxy) is 1. The Kier molecular flexibility index (Phi) is 5.64. The summed E-state index contributed by atoms with van der Waals surface area (Å²) >= 11 is 1.66. The molecule has 0 bridgehead atoms. The maximum Gasteiger partial charge on any atom is 0.169 e. The van der Waals surface area contributed by atoms with Crippen molar-refractivity contribution in [2.24, 2.45) is 0 Å². The monoisotopic (exact) mass is 366 g/mol. The minimum Gasteiger partial charge on any atom is -0.371 e. The summed E-state index contributed by atoms with van der Waals surface area (Å²) in [6, 6.07) is 10.0. The zero-order chi connectivity index (χ0) is 17.6. The molecule has 1 saturated heterocycles. The van der Waals surface area contributed by atoms with Crippen molar-refractivity contribution in [2.45, 2.75) is 32.1 Å². The Morgan fingerprint density at radius 3 is 2.81 bits per heavy atom. The molecular weight excluding hydrogens is 344 g/mol. The van der Waals surface area contributed by atoms with Gasteiger partial charge in [0.1, 0.15) is 0 Å². The molecule has 4 heterocycles. The van der Waals surface area contributed by atoms with Crippen LogP contribution in [0.5, 0.6) is 0 Å². The molecule has 1 atom stereocenters. The number of likely N-dealkylation sites (tertiary alicyclic amines) is 1. The molecule has 1 fully saturated rings.